The molecule has 0 amide bonds. The van der Waals surface area contributed by atoms with Crippen LogP contribution in [0.3, 0.4) is 0 Å². The molecule has 1 atom stereocenters. The molecule has 4 heteroatoms. The molecule has 0 spiro atoms. The Morgan fingerprint density at radius 1 is 1.23 bits per heavy atom. The lowest BCUT2D eigenvalue weighted by atomic mass is 9.69. The Morgan fingerprint density at radius 3 is 2.55 bits per heavy atom. The molecule has 1 saturated heterocycles. The van der Waals surface area contributed by atoms with Crippen LogP contribution in [0.5, 0.6) is 5.75 Å². The van der Waals surface area contributed by atoms with Crippen LogP contribution in [0.1, 0.15) is 44.1 Å². The number of nitrogens with one attached hydrogen (secondary N) is 1. The summed E-state index contributed by atoms with van der Waals surface area (Å²) < 4.78 is 10.3. The van der Waals surface area contributed by atoms with Gasteiger partial charge < -0.3 is 14.8 Å². The van der Waals surface area contributed by atoms with Crippen LogP contribution in [0, 0.1) is 0 Å². The number of carbonyl (C=O) groups is 1. The zero-order valence-corrected chi connectivity index (χ0v) is 13.3. The van der Waals surface area contributed by atoms with E-state index in [1.165, 1.54) is 37.7 Å². The van der Waals surface area contributed by atoms with E-state index in [1.807, 2.05) is 12.1 Å². The Balaban J connectivity index is 1.76. The van der Waals surface area contributed by atoms with Crippen molar-refractivity contribution in [3.8, 4) is 5.75 Å². The molecule has 1 aromatic carbocycles. The average molecular weight is 303 g/mol. The summed E-state index contributed by atoms with van der Waals surface area (Å²) in [5.74, 6) is 0.794. The molecule has 2 aliphatic rings. The van der Waals surface area contributed by atoms with Crippen molar-refractivity contribution in [2.24, 2.45) is 0 Å². The maximum Gasteiger partial charge on any atom is 0.323 e. The van der Waals surface area contributed by atoms with Crippen molar-refractivity contribution in [3.05, 3.63) is 29.8 Å². The highest BCUT2D eigenvalue weighted by atomic mass is 16.5. The van der Waals surface area contributed by atoms with Gasteiger partial charge in [0.15, 0.2) is 0 Å². The minimum atomic E-state index is -0.128. The molecule has 3 rings (SSSR count). The van der Waals surface area contributed by atoms with Crippen LogP contribution in [0.4, 0.5) is 0 Å². The van der Waals surface area contributed by atoms with Gasteiger partial charge in [0.1, 0.15) is 11.8 Å². The quantitative estimate of drug-likeness (QED) is 0.850. The normalized spacial score (nSPS) is 24.0. The second kappa shape index (κ2) is 6.69. The summed E-state index contributed by atoms with van der Waals surface area (Å²) >= 11 is 0. The number of ether oxygens (including phenoxy) is 2. The van der Waals surface area contributed by atoms with E-state index in [0.29, 0.717) is 6.61 Å². The van der Waals surface area contributed by atoms with E-state index in [0.717, 1.165) is 18.7 Å². The number of hydrogen-bond donors (Lipinski definition) is 1. The highest BCUT2D eigenvalue weighted by molar-refractivity contribution is 5.77. The fourth-order valence-electron chi connectivity index (χ4n) is 3.74. The zero-order chi connectivity index (χ0) is 15.4. The summed E-state index contributed by atoms with van der Waals surface area (Å²) in [6.45, 7) is 1.39. The minimum absolute atomic E-state index is 0.0966. The maximum absolute atomic E-state index is 11.7. The first kappa shape index (κ1) is 15.3. The Bertz CT molecular complexity index is 506. The fraction of sp³-hybridized carbons (Fsp3) is 0.611. The molecule has 1 N–H and O–H groups in total. The van der Waals surface area contributed by atoms with Crippen molar-refractivity contribution in [1.29, 1.82) is 0 Å². The molecule has 1 aliphatic carbocycles. The predicted octanol–water partition coefficient (Wildman–Crippen LogP) is 2.80. The standard InChI is InChI=1S/C18H25NO3/c1-21-15-7-5-14(6-8-15)18(10-3-2-4-11-18)13-19-16-9-12-22-17(16)20/h5-8,16,19H,2-4,9-13H2,1H3/t16-/m0/s1. The molecule has 0 aromatic heterocycles. The summed E-state index contributed by atoms with van der Waals surface area (Å²) in [5, 5.41) is 3.46. The van der Waals surface area contributed by atoms with E-state index >= 15 is 0 Å². The molecule has 1 aliphatic heterocycles. The Morgan fingerprint density at radius 2 is 1.95 bits per heavy atom. The monoisotopic (exact) mass is 303 g/mol. The number of esters is 1. The smallest absolute Gasteiger partial charge is 0.323 e. The molecule has 1 aromatic rings. The summed E-state index contributed by atoms with van der Waals surface area (Å²) in [5.41, 5.74) is 1.49. The molecular weight excluding hydrogens is 278 g/mol. The Hall–Kier alpha value is -1.55. The van der Waals surface area contributed by atoms with E-state index in [4.69, 9.17) is 9.47 Å². The fourth-order valence-corrected chi connectivity index (χ4v) is 3.74. The van der Waals surface area contributed by atoms with Gasteiger partial charge in [0.05, 0.1) is 13.7 Å². The Kier molecular flexibility index (Phi) is 4.67. The lowest BCUT2D eigenvalue weighted by Gasteiger charge is -2.38. The molecule has 1 heterocycles. The van der Waals surface area contributed by atoms with Crippen LogP contribution in [0.25, 0.3) is 0 Å². The number of methoxy groups -OCH3 is 1. The van der Waals surface area contributed by atoms with Crippen molar-refractivity contribution >= 4 is 5.97 Å². The second-order valence-corrected chi connectivity index (χ2v) is 6.46. The van der Waals surface area contributed by atoms with Crippen molar-refractivity contribution in [3.63, 3.8) is 0 Å². The highest BCUT2D eigenvalue weighted by Crippen LogP contribution is 2.39. The SMILES string of the molecule is COc1ccc(C2(CN[C@H]3CCOC3=O)CCCCC2)cc1. The lowest BCUT2D eigenvalue weighted by molar-refractivity contribution is -0.139. The summed E-state index contributed by atoms with van der Waals surface area (Å²) in [4.78, 5) is 11.7. The largest absolute Gasteiger partial charge is 0.497 e. The van der Waals surface area contributed by atoms with E-state index in [2.05, 4.69) is 17.4 Å². The van der Waals surface area contributed by atoms with Crippen molar-refractivity contribution in [2.75, 3.05) is 20.3 Å². The van der Waals surface area contributed by atoms with Crippen molar-refractivity contribution in [2.45, 2.75) is 50.0 Å². The molecule has 0 radical (unpaired) electrons. The molecular formula is C18H25NO3. The van der Waals surface area contributed by atoms with Gasteiger partial charge in [-0.2, -0.15) is 0 Å². The first-order chi connectivity index (χ1) is 10.7. The van der Waals surface area contributed by atoms with Crippen LogP contribution in [-0.4, -0.2) is 32.3 Å². The summed E-state index contributed by atoms with van der Waals surface area (Å²) in [6, 6.07) is 8.31. The topological polar surface area (TPSA) is 47.6 Å². The number of rotatable bonds is 5. The first-order valence-electron chi connectivity index (χ1n) is 8.28. The molecule has 0 unspecified atom stereocenters. The third kappa shape index (κ3) is 3.12. The van der Waals surface area contributed by atoms with Gasteiger partial charge in [0.25, 0.3) is 0 Å². The van der Waals surface area contributed by atoms with Gasteiger partial charge in [-0.15, -0.1) is 0 Å². The van der Waals surface area contributed by atoms with E-state index in [1.54, 1.807) is 7.11 Å². The van der Waals surface area contributed by atoms with E-state index in [-0.39, 0.29) is 17.4 Å². The van der Waals surface area contributed by atoms with Gasteiger partial charge in [-0.1, -0.05) is 31.4 Å². The average Bonchev–Trinajstić information content (AvgIpc) is 2.99. The summed E-state index contributed by atoms with van der Waals surface area (Å²) in [7, 11) is 1.69. The Labute approximate surface area is 132 Å². The van der Waals surface area contributed by atoms with Gasteiger partial charge in [-0.05, 0) is 30.5 Å². The molecule has 1 saturated carbocycles. The number of hydrogen-bond acceptors (Lipinski definition) is 4. The molecule has 22 heavy (non-hydrogen) atoms. The number of carbonyl (C=O) groups excluding carboxylic acids is 1. The van der Waals surface area contributed by atoms with Crippen LogP contribution in [0.15, 0.2) is 24.3 Å². The van der Waals surface area contributed by atoms with E-state index < -0.39 is 0 Å². The van der Waals surface area contributed by atoms with Crippen LogP contribution < -0.4 is 10.1 Å². The third-order valence-electron chi connectivity index (χ3n) is 5.14. The zero-order valence-electron chi connectivity index (χ0n) is 13.3. The second-order valence-electron chi connectivity index (χ2n) is 6.46. The van der Waals surface area contributed by atoms with Gasteiger partial charge in [-0.25, -0.2) is 0 Å². The van der Waals surface area contributed by atoms with Crippen molar-refractivity contribution in [1.82, 2.24) is 5.32 Å². The van der Waals surface area contributed by atoms with Gasteiger partial charge >= 0.3 is 5.97 Å². The molecule has 2 fully saturated rings. The van der Waals surface area contributed by atoms with E-state index in [9.17, 15) is 4.79 Å². The summed E-state index contributed by atoms with van der Waals surface area (Å²) in [6.07, 6.45) is 6.95. The maximum atomic E-state index is 11.7. The van der Waals surface area contributed by atoms with Gasteiger partial charge in [0, 0.05) is 18.4 Å². The third-order valence-corrected chi connectivity index (χ3v) is 5.14. The first-order valence-corrected chi connectivity index (χ1v) is 8.28. The number of benzene rings is 1. The molecule has 120 valence electrons. The highest BCUT2D eigenvalue weighted by Gasteiger charge is 2.36. The molecule has 4 nitrogen and oxygen atoms in total. The van der Waals surface area contributed by atoms with Crippen LogP contribution in [0.2, 0.25) is 0 Å². The van der Waals surface area contributed by atoms with Crippen molar-refractivity contribution < 1.29 is 14.3 Å². The van der Waals surface area contributed by atoms with Gasteiger partial charge in [-0.3, -0.25) is 4.79 Å². The predicted molar refractivity (Wildman–Crippen MR) is 85.1 cm³/mol. The lowest BCUT2D eigenvalue weighted by Crippen LogP contribution is -2.45. The number of cyclic esters (lactones) is 1. The van der Waals surface area contributed by atoms with Gasteiger partial charge in [0.2, 0.25) is 0 Å². The minimum Gasteiger partial charge on any atom is -0.497 e. The molecule has 0 bridgehead atoms. The van der Waals surface area contributed by atoms with Crippen LogP contribution in [-0.2, 0) is 14.9 Å². The van der Waals surface area contributed by atoms with Crippen LogP contribution >= 0.6 is 0 Å².